The zero-order valence-electron chi connectivity index (χ0n) is 12.7. The average molecular weight is 305 g/mol. The summed E-state index contributed by atoms with van der Waals surface area (Å²) in [6, 6.07) is 15.7. The second-order valence-electron chi connectivity index (χ2n) is 6.11. The molecule has 1 aliphatic rings. The maximum atomic E-state index is 6.02. The minimum absolute atomic E-state index is 0. The molecule has 3 heteroatoms. The van der Waals surface area contributed by atoms with E-state index < -0.39 is 0 Å². The van der Waals surface area contributed by atoms with Gasteiger partial charge in [0.25, 0.3) is 0 Å². The second-order valence-corrected chi connectivity index (χ2v) is 6.11. The van der Waals surface area contributed by atoms with E-state index in [0.717, 1.165) is 6.54 Å². The summed E-state index contributed by atoms with van der Waals surface area (Å²) in [5, 5.41) is 2.74. The molecule has 0 aliphatic carbocycles. The Morgan fingerprint density at radius 3 is 2.48 bits per heavy atom. The number of rotatable bonds is 3. The molecule has 1 unspecified atom stereocenters. The number of hydrogen-bond acceptors (Lipinski definition) is 2. The highest BCUT2D eigenvalue weighted by molar-refractivity contribution is 5.85. The van der Waals surface area contributed by atoms with Crippen molar-refractivity contribution in [3.8, 4) is 0 Å². The lowest BCUT2D eigenvalue weighted by Crippen LogP contribution is -2.39. The topological polar surface area (TPSA) is 29.3 Å². The van der Waals surface area contributed by atoms with Gasteiger partial charge in [-0.05, 0) is 55.1 Å². The molecule has 2 N–H and O–H groups in total. The summed E-state index contributed by atoms with van der Waals surface area (Å²) in [5.74, 6) is 0.707. The summed E-state index contributed by atoms with van der Waals surface area (Å²) in [6.45, 7) is 5.56. The number of benzene rings is 2. The number of nitrogens with two attached hydrogens (primary N) is 1. The molecule has 114 valence electrons. The Morgan fingerprint density at radius 1 is 1.10 bits per heavy atom. The number of likely N-dealkylation sites (tertiary alicyclic amines) is 1. The molecule has 2 aromatic rings. The Hall–Kier alpha value is -1.09. The highest BCUT2D eigenvalue weighted by Crippen LogP contribution is 2.24. The predicted molar refractivity (Wildman–Crippen MR) is 92.8 cm³/mol. The molecule has 21 heavy (non-hydrogen) atoms. The van der Waals surface area contributed by atoms with E-state index in [1.54, 1.807) is 0 Å². The van der Waals surface area contributed by atoms with Gasteiger partial charge in [0.2, 0.25) is 0 Å². The third-order valence-electron chi connectivity index (χ3n) is 4.65. The van der Waals surface area contributed by atoms with Crippen LogP contribution in [-0.4, -0.2) is 24.0 Å². The highest BCUT2D eigenvalue weighted by Gasteiger charge is 2.21. The summed E-state index contributed by atoms with van der Waals surface area (Å²) in [5.41, 5.74) is 7.47. The van der Waals surface area contributed by atoms with Crippen LogP contribution in [0.1, 0.15) is 25.3 Å². The van der Waals surface area contributed by atoms with Crippen LogP contribution in [-0.2, 0) is 6.54 Å². The quantitative estimate of drug-likeness (QED) is 0.934. The van der Waals surface area contributed by atoms with Crippen molar-refractivity contribution in [1.82, 2.24) is 4.90 Å². The molecule has 1 atom stereocenters. The molecule has 2 nitrogen and oxygen atoms in total. The van der Waals surface area contributed by atoms with Crippen LogP contribution in [0.15, 0.2) is 42.5 Å². The van der Waals surface area contributed by atoms with Gasteiger partial charge in [0.15, 0.2) is 0 Å². The predicted octanol–water partition coefficient (Wildman–Crippen LogP) is 3.82. The monoisotopic (exact) mass is 304 g/mol. The van der Waals surface area contributed by atoms with Crippen LogP contribution in [0.2, 0.25) is 0 Å². The van der Waals surface area contributed by atoms with E-state index >= 15 is 0 Å². The van der Waals surface area contributed by atoms with Gasteiger partial charge in [0.05, 0.1) is 0 Å². The van der Waals surface area contributed by atoms with Crippen molar-refractivity contribution >= 4 is 23.2 Å². The summed E-state index contributed by atoms with van der Waals surface area (Å²) in [7, 11) is 0. The fraction of sp³-hybridized carbons (Fsp3) is 0.444. The van der Waals surface area contributed by atoms with E-state index in [9.17, 15) is 0 Å². The number of nitrogens with zero attached hydrogens (tertiary/aromatic N) is 1. The van der Waals surface area contributed by atoms with Crippen LogP contribution in [0.3, 0.4) is 0 Å². The van der Waals surface area contributed by atoms with Gasteiger partial charge in [-0.2, -0.15) is 0 Å². The number of fused-ring (bicyclic) bond motifs is 1. The molecule has 0 amide bonds. The molecule has 1 saturated heterocycles. The first-order chi connectivity index (χ1) is 9.74. The summed E-state index contributed by atoms with van der Waals surface area (Å²) in [4.78, 5) is 2.57. The van der Waals surface area contributed by atoms with Gasteiger partial charge in [-0.3, -0.25) is 4.90 Å². The molecule has 0 spiro atoms. The van der Waals surface area contributed by atoms with Crippen molar-refractivity contribution in [3.05, 3.63) is 48.0 Å². The first-order valence-electron chi connectivity index (χ1n) is 7.68. The molecule has 1 heterocycles. The standard InChI is InChI=1S/C18H24N2.ClH/c1-14(19)15-9-11-20(12-10-15)13-17-7-4-6-16-5-2-3-8-18(16)17;/h2-8,14-15H,9-13,19H2,1H3;1H. The molecule has 0 bridgehead atoms. The second kappa shape index (κ2) is 7.26. The molecular weight excluding hydrogens is 280 g/mol. The lowest BCUT2D eigenvalue weighted by molar-refractivity contribution is 0.166. The van der Waals surface area contributed by atoms with Crippen LogP contribution < -0.4 is 5.73 Å². The minimum atomic E-state index is 0. The van der Waals surface area contributed by atoms with Gasteiger partial charge < -0.3 is 5.73 Å². The Balaban J connectivity index is 0.00000161. The molecule has 0 saturated carbocycles. The van der Waals surface area contributed by atoms with Crippen molar-refractivity contribution in [2.24, 2.45) is 11.7 Å². The first kappa shape index (κ1) is 16.3. The molecule has 3 rings (SSSR count). The van der Waals surface area contributed by atoms with Gasteiger partial charge in [0, 0.05) is 12.6 Å². The van der Waals surface area contributed by atoms with Gasteiger partial charge in [0.1, 0.15) is 0 Å². The molecule has 2 aromatic carbocycles. The largest absolute Gasteiger partial charge is 0.328 e. The fourth-order valence-corrected chi connectivity index (χ4v) is 3.31. The van der Waals surface area contributed by atoms with E-state index in [1.807, 2.05) is 0 Å². The van der Waals surface area contributed by atoms with Gasteiger partial charge >= 0.3 is 0 Å². The summed E-state index contributed by atoms with van der Waals surface area (Å²) < 4.78 is 0. The number of hydrogen-bond donors (Lipinski definition) is 1. The van der Waals surface area contributed by atoms with Gasteiger partial charge in [-0.15, -0.1) is 12.4 Å². The van der Waals surface area contributed by atoms with Gasteiger partial charge in [-0.1, -0.05) is 42.5 Å². The van der Waals surface area contributed by atoms with Gasteiger partial charge in [-0.25, -0.2) is 0 Å². The molecule has 1 fully saturated rings. The van der Waals surface area contributed by atoms with Crippen LogP contribution >= 0.6 is 12.4 Å². The van der Waals surface area contributed by atoms with E-state index in [-0.39, 0.29) is 12.4 Å². The van der Waals surface area contributed by atoms with Crippen LogP contribution in [0, 0.1) is 5.92 Å². The fourth-order valence-electron chi connectivity index (χ4n) is 3.31. The van der Waals surface area contributed by atoms with Crippen molar-refractivity contribution in [2.45, 2.75) is 32.4 Å². The Morgan fingerprint density at radius 2 is 1.76 bits per heavy atom. The summed E-state index contributed by atoms with van der Waals surface area (Å²) in [6.07, 6.45) is 2.48. The van der Waals surface area contributed by atoms with Crippen molar-refractivity contribution in [2.75, 3.05) is 13.1 Å². The Kier molecular flexibility index (Phi) is 5.63. The van der Waals surface area contributed by atoms with Crippen LogP contribution in [0.25, 0.3) is 10.8 Å². The zero-order chi connectivity index (χ0) is 13.9. The third-order valence-corrected chi connectivity index (χ3v) is 4.65. The van der Waals surface area contributed by atoms with E-state index in [1.165, 1.54) is 42.3 Å². The molecule has 0 aromatic heterocycles. The Labute approximate surface area is 133 Å². The first-order valence-corrected chi connectivity index (χ1v) is 7.68. The lowest BCUT2D eigenvalue weighted by atomic mass is 9.90. The van der Waals surface area contributed by atoms with Crippen molar-refractivity contribution < 1.29 is 0 Å². The summed E-state index contributed by atoms with van der Waals surface area (Å²) >= 11 is 0. The van der Waals surface area contributed by atoms with Crippen molar-refractivity contribution in [1.29, 1.82) is 0 Å². The number of piperidine rings is 1. The third kappa shape index (κ3) is 3.76. The minimum Gasteiger partial charge on any atom is -0.328 e. The average Bonchev–Trinajstić information content (AvgIpc) is 2.48. The molecular formula is C18H25ClN2. The smallest absolute Gasteiger partial charge is 0.0239 e. The zero-order valence-corrected chi connectivity index (χ0v) is 13.5. The number of halogens is 1. The normalized spacial score (nSPS) is 18.4. The van der Waals surface area contributed by atoms with E-state index in [0.29, 0.717) is 12.0 Å². The van der Waals surface area contributed by atoms with E-state index in [2.05, 4.69) is 54.3 Å². The van der Waals surface area contributed by atoms with Crippen molar-refractivity contribution in [3.63, 3.8) is 0 Å². The molecule has 0 radical (unpaired) electrons. The lowest BCUT2D eigenvalue weighted by Gasteiger charge is -2.33. The molecule has 1 aliphatic heterocycles. The van der Waals surface area contributed by atoms with Crippen LogP contribution in [0.5, 0.6) is 0 Å². The SMILES string of the molecule is CC(N)C1CCN(Cc2cccc3ccccc23)CC1.Cl. The Bertz CT molecular complexity index is 569. The van der Waals surface area contributed by atoms with E-state index in [4.69, 9.17) is 5.73 Å². The maximum Gasteiger partial charge on any atom is 0.0239 e. The highest BCUT2D eigenvalue weighted by atomic mass is 35.5. The maximum absolute atomic E-state index is 6.02. The van der Waals surface area contributed by atoms with Crippen LogP contribution in [0.4, 0.5) is 0 Å².